The Balaban J connectivity index is 1.52. The van der Waals surface area contributed by atoms with Gasteiger partial charge in [-0.2, -0.15) is 4.98 Å². The third-order valence-corrected chi connectivity index (χ3v) is 4.31. The maximum Gasteiger partial charge on any atom is 0.245 e. The fraction of sp³-hybridized carbons (Fsp3) is 0.222. The van der Waals surface area contributed by atoms with Gasteiger partial charge in [-0.05, 0) is 48.7 Å². The molecule has 122 valence electrons. The molecule has 0 spiro atoms. The summed E-state index contributed by atoms with van der Waals surface area (Å²) in [6.45, 7) is 2.10. The van der Waals surface area contributed by atoms with E-state index in [4.69, 9.17) is 4.52 Å². The molecule has 2 N–H and O–H groups in total. The van der Waals surface area contributed by atoms with Gasteiger partial charge < -0.3 is 4.52 Å². The number of hydrogen-bond donors (Lipinski definition) is 2. The summed E-state index contributed by atoms with van der Waals surface area (Å²) >= 11 is 0. The molecule has 1 aromatic heterocycles. The monoisotopic (exact) mass is 324 g/mol. The van der Waals surface area contributed by atoms with E-state index >= 15 is 0 Å². The van der Waals surface area contributed by atoms with Crippen LogP contribution in [0, 0.1) is 12.7 Å². The number of benzene rings is 2. The second-order valence-electron chi connectivity index (χ2n) is 5.95. The molecule has 5 nitrogen and oxygen atoms in total. The van der Waals surface area contributed by atoms with Gasteiger partial charge in [-0.1, -0.05) is 29.4 Å². The van der Waals surface area contributed by atoms with Crippen molar-refractivity contribution in [3.8, 4) is 11.4 Å². The lowest BCUT2D eigenvalue weighted by Gasteiger charge is -2.12. The Hall–Kier alpha value is -2.57. The van der Waals surface area contributed by atoms with E-state index in [0.29, 0.717) is 11.7 Å². The summed E-state index contributed by atoms with van der Waals surface area (Å²) in [5, 5.41) is 4.00. The van der Waals surface area contributed by atoms with Gasteiger partial charge in [-0.25, -0.2) is 15.2 Å². The van der Waals surface area contributed by atoms with E-state index in [0.717, 1.165) is 12.0 Å². The Morgan fingerprint density at radius 1 is 1.04 bits per heavy atom. The van der Waals surface area contributed by atoms with Crippen molar-refractivity contribution >= 4 is 0 Å². The molecule has 2 heterocycles. The summed E-state index contributed by atoms with van der Waals surface area (Å²) in [4.78, 5) is 4.44. The first-order valence-electron chi connectivity index (χ1n) is 7.87. The molecule has 1 aliphatic rings. The fourth-order valence-corrected chi connectivity index (χ4v) is 2.99. The number of halogens is 1. The van der Waals surface area contributed by atoms with Crippen LogP contribution < -0.4 is 10.9 Å². The van der Waals surface area contributed by atoms with Crippen molar-refractivity contribution in [3.63, 3.8) is 0 Å². The zero-order valence-corrected chi connectivity index (χ0v) is 13.2. The second-order valence-corrected chi connectivity index (χ2v) is 5.95. The molecule has 1 fully saturated rings. The van der Waals surface area contributed by atoms with Gasteiger partial charge in [0.05, 0.1) is 0 Å². The van der Waals surface area contributed by atoms with E-state index in [1.54, 1.807) is 12.1 Å². The lowest BCUT2D eigenvalue weighted by molar-refractivity contribution is 0.340. The number of aromatic nitrogens is 2. The molecule has 6 heteroatoms. The molecule has 24 heavy (non-hydrogen) atoms. The first-order chi connectivity index (χ1) is 11.7. The Morgan fingerprint density at radius 2 is 1.79 bits per heavy atom. The minimum atomic E-state index is -0.287. The Kier molecular flexibility index (Phi) is 3.84. The number of nitrogens with zero attached hydrogens (tertiary/aromatic N) is 2. The summed E-state index contributed by atoms with van der Waals surface area (Å²) in [6, 6.07) is 14.5. The van der Waals surface area contributed by atoms with Crippen LogP contribution in [-0.2, 0) is 0 Å². The summed E-state index contributed by atoms with van der Waals surface area (Å²) in [6.07, 6.45) is 0.815. The molecule has 0 bridgehead atoms. The summed E-state index contributed by atoms with van der Waals surface area (Å²) < 4.78 is 18.4. The Bertz CT molecular complexity index is 846. The third-order valence-electron chi connectivity index (χ3n) is 4.31. The number of hydrogen-bond acceptors (Lipinski definition) is 5. The lowest BCUT2D eigenvalue weighted by Crippen LogP contribution is -2.27. The molecule has 2 unspecified atom stereocenters. The van der Waals surface area contributed by atoms with Gasteiger partial charge in [0.1, 0.15) is 11.9 Å². The zero-order chi connectivity index (χ0) is 16.5. The Morgan fingerprint density at radius 3 is 2.58 bits per heavy atom. The standard InChI is InChI=1S/C18H17FN4O/c1-11-4-2-3-5-14(11)15-10-16(22-21-15)18-20-17(23-24-18)12-6-8-13(19)9-7-12/h2-9,15-16,21-22H,10H2,1H3. The normalized spacial score (nSPS) is 20.4. The van der Waals surface area contributed by atoms with Crippen molar-refractivity contribution < 1.29 is 8.91 Å². The molecular formula is C18H17FN4O. The first kappa shape index (κ1) is 15.0. The van der Waals surface area contributed by atoms with Gasteiger partial charge in [-0.3, -0.25) is 0 Å². The average molecular weight is 324 g/mol. The highest BCUT2D eigenvalue weighted by atomic mass is 19.1. The van der Waals surface area contributed by atoms with Gasteiger partial charge in [0, 0.05) is 11.6 Å². The predicted octanol–water partition coefficient (Wildman–Crippen LogP) is 3.46. The minimum absolute atomic E-state index is 0.0590. The van der Waals surface area contributed by atoms with E-state index < -0.39 is 0 Å². The van der Waals surface area contributed by atoms with Gasteiger partial charge in [0.2, 0.25) is 11.7 Å². The molecular weight excluding hydrogens is 307 g/mol. The molecule has 1 saturated heterocycles. The lowest BCUT2D eigenvalue weighted by atomic mass is 9.98. The molecule has 0 aliphatic carbocycles. The van der Waals surface area contributed by atoms with Crippen molar-refractivity contribution in [1.29, 1.82) is 0 Å². The molecule has 4 rings (SSSR count). The summed E-state index contributed by atoms with van der Waals surface area (Å²) in [7, 11) is 0. The van der Waals surface area contributed by atoms with Crippen molar-refractivity contribution in [3.05, 3.63) is 71.4 Å². The van der Waals surface area contributed by atoms with Crippen LogP contribution in [0.2, 0.25) is 0 Å². The van der Waals surface area contributed by atoms with Gasteiger partial charge >= 0.3 is 0 Å². The summed E-state index contributed by atoms with van der Waals surface area (Å²) in [5.74, 6) is 0.703. The van der Waals surface area contributed by atoms with E-state index in [1.807, 2.05) is 12.1 Å². The van der Waals surface area contributed by atoms with Gasteiger partial charge in [-0.15, -0.1) is 0 Å². The van der Waals surface area contributed by atoms with Crippen LogP contribution in [-0.4, -0.2) is 10.1 Å². The average Bonchev–Trinajstić information content (AvgIpc) is 3.25. The highest BCUT2D eigenvalue weighted by Gasteiger charge is 2.30. The molecule has 0 saturated carbocycles. The van der Waals surface area contributed by atoms with Crippen LogP contribution in [0.15, 0.2) is 53.1 Å². The van der Waals surface area contributed by atoms with Crippen LogP contribution >= 0.6 is 0 Å². The SMILES string of the molecule is Cc1ccccc1C1CC(c2nc(-c3ccc(F)cc3)no2)NN1. The van der Waals surface area contributed by atoms with Crippen LogP contribution in [0.1, 0.15) is 35.5 Å². The quantitative estimate of drug-likeness (QED) is 0.772. The number of rotatable bonds is 3. The maximum atomic E-state index is 13.0. The van der Waals surface area contributed by atoms with Gasteiger partial charge in [0.15, 0.2) is 0 Å². The highest BCUT2D eigenvalue weighted by Crippen LogP contribution is 2.32. The van der Waals surface area contributed by atoms with E-state index in [-0.39, 0.29) is 17.9 Å². The van der Waals surface area contributed by atoms with E-state index in [1.165, 1.54) is 23.3 Å². The van der Waals surface area contributed by atoms with Gasteiger partial charge in [0.25, 0.3) is 0 Å². The van der Waals surface area contributed by atoms with Crippen molar-refractivity contribution in [2.24, 2.45) is 0 Å². The molecule has 0 amide bonds. The minimum Gasteiger partial charge on any atom is -0.337 e. The Labute approximate surface area is 138 Å². The molecule has 2 aromatic carbocycles. The van der Waals surface area contributed by atoms with Crippen molar-refractivity contribution in [2.75, 3.05) is 0 Å². The molecule has 2 atom stereocenters. The molecule has 3 aromatic rings. The van der Waals surface area contributed by atoms with Crippen LogP contribution in [0.25, 0.3) is 11.4 Å². The van der Waals surface area contributed by atoms with Crippen molar-refractivity contribution in [2.45, 2.75) is 25.4 Å². The summed E-state index contributed by atoms with van der Waals surface area (Å²) in [5.41, 5.74) is 9.74. The number of nitrogens with one attached hydrogen (secondary N) is 2. The molecule has 0 radical (unpaired) electrons. The van der Waals surface area contributed by atoms with Crippen molar-refractivity contribution in [1.82, 2.24) is 21.0 Å². The highest BCUT2D eigenvalue weighted by molar-refractivity contribution is 5.53. The topological polar surface area (TPSA) is 63.0 Å². The van der Waals surface area contributed by atoms with E-state index in [2.05, 4.69) is 40.0 Å². The van der Waals surface area contributed by atoms with Crippen LogP contribution in [0.3, 0.4) is 0 Å². The second kappa shape index (κ2) is 6.14. The number of hydrazine groups is 1. The van der Waals surface area contributed by atoms with Crippen LogP contribution in [0.5, 0.6) is 0 Å². The molecule has 1 aliphatic heterocycles. The first-order valence-corrected chi connectivity index (χ1v) is 7.87. The third kappa shape index (κ3) is 2.81. The smallest absolute Gasteiger partial charge is 0.245 e. The van der Waals surface area contributed by atoms with E-state index in [9.17, 15) is 4.39 Å². The number of aryl methyl sites for hydroxylation is 1. The zero-order valence-electron chi connectivity index (χ0n) is 13.2. The maximum absolute atomic E-state index is 13.0. The predicted molar refractivity (Wildman–Crippen MR) is 87.2 cm³/mol. The van der Waals surface area contributed by atoms with Crippen LogP contribution in [0.4, 0.5) is 4.39 Å². The fourth-order valence-electron chi connectivity index (χ4n) is 2.99. The largest absolute Gasteiger partial charge is 0.337 e.